The Kier molecular flexibility index (Phi) is 7.46. The zero-order valence-corrected chi connectivity index (χ0v) is 16.0. The third-order valence-electron chi connectivity index (χ3n) is 4.30. The van der Waals surface area contributed by atoms with E-state index < -0.39 is 24.0 Å². The minimum atomic E-state index is -1.24. The lowest BCUT2D eigenvalue weighted by molar-refractivity contribution is -0.143. The predicted octanol–water partition coefficient (Wildman–Crippen LogP) is 2.44. The number of carbonyl (C=O) groups is 3. The van der Waals surface area contributed by atoms with Crippen molar-refractivity contribution < 1.29 is 24.6 Å². The highest BCUT2D eigenvalue weighted by atomic mass is 16.4. The van der Waals surface area contributed by atoms with Crippen molar-refractivity contribution in [1.82, 2.24) is 5.32 Å². The Morgan fingerprint density at radius 2 is 1.50 bits per heavy atom. The average Bonchev–Trinajstić information content (AvgIpc) is 2.67. The molecule has 0 radical (unpaired) electrons. The summed E-state index contributed by atoms with van der Waals surface area (Å²) >= 11 is 0. The molecule has 6 heteroatoms. The summed E-state index contributed by atoms with van der Waals surface area (Å²) in [7, 11) is 0. The molecule has 0 aliphatic carbocycles. The summed E-state index contributed by atoms with van der Waals surface area (Å²) in [5, 5.41) is 21.6. The van der Waals surface area contributed by atoms with Crippen LogP contribution < -0.4 is 5.32 Å². The number of aliphatic hydroxyl groups excluding tert-OH is 1. The first-order chi connectivity index (χ1) is 13.3. The Balaban J connectivity index is 2.04. The van der Waals surface area contributed by atoms with Gasteiger partial charge in [0.25, 0.3) is 0 Å². The molecule has 0 aliphatic heterocycles. The van der Waals surface area contributed by atoms with Crippen molar-refractivity contribution >= 4 is 17.7 Å². The molecule has 0 unspecified atom stereocenters. The summed E-state index contributed by atoms with van der Waals surface area (Å²) in [5.41, 5.74) is 1.74. The molecule has 148 valence electrons. The standard InChI is InChI=1S/C22H25NO5/c1-14(2)12-19(24)21(26)23-18(22(27)28)13-15-8-10-17(11-9-15)20(25)16-6-4-3-5-7-16/h3-11,14,18-19,24H,12-13H2,1-2H3,(H,23,26)(H,27,28)/t18-,19+/m0/s1. The van der Waals surface area contributed by atoms with E-state index in [1.165, 1.54) is 0 Å². The molecule has 0 bridgehead atoms. The van der Waals surface area contributed by atoms with Crippen LogP contribution in [0.1, 0.15) is 41.8 Å². The number of carboxylic acids is 1. The van der Waals surface area contributed by atoms with Gasteiger partial charge in [0, 0.05) is 17.5 Å². The normalized spacial score (nSPS) is 13.0. The third-order valence-corrected chi connectivity index (χ3v) is 4.30. The van der Waals surface area contributed by atoms with Crippen LogP contribution in [0.3, 0.4) is 0 Å². The van der Waals surface area contributed by atoms with Crippen LogP contribution in [0.25, 0.3) is 0 Å². The highest BCUT2D eigenvalue weighted by Gasteiger charge is 2.24. The van der Waals surface area contributed by atoms with E-state index >= 15 is 0 Å². The lowest BCUT2D eigenvalue weighted by Crippen LogP contribution is -2.46. The number of ketones is 1. The van der Waals surface area contributed by atoms with E-state index in [0.717, 1.165) is 0 Å². The van der Waals surface area contributed by atoms with E-state index in [1.54, 1.807) is 48.5 Å². The molecule has 0 fully saturated rings. The van der Waals surface area contributed by atoms with Gasteiger partial charge in [0.1, 0.15) is 12.1 Å². The highest BCUT2D eigenvalue weighted by molar-refractivity contribution is 6.08. The van der Waals surface area contributed by atoms with Gasteiger partial charge in [-0.1, -0.05) is 68.4 Å². The number of hydrogen-bond acceptors (Lipinski definition) is 4. The van der Waals surface area contributed by atoms with Gasteiger partial charge in [-0.25, -0.2) is 4.79 Å². The number of aliphatic hydroxyl groups is 1. The summed E-state index contributed by atoms with van der Waals surface area (Å²) in [5.74, 6) is -1.89. The van der Waals surface area contributed by atoms with Crippen LogP contribution in [0.4, 0.5) is 0 Å². The first-order valence-electron chi connectivity index (χ1n) is 9.18. The van der Waals surface area contributed by atoms with Crippen molar-refractivity contribution in [2.75, 3.05) is 0 Å². The van der Waals surface area contributed by atoms with Gasteiger partial charge in [-0.15, -0.1) is 0 Å². The molecule has 2 aromatic carbocycles. The summed E-state index contributed by atoms with van der Waals surface area (Å²) < 4.78 is 0. The molecule has 3 N–H and O–H groups in total. The van der Waals surface area contributed by atoms with Crippen LogP contribution in [-0.4, -0.2) is 40.0 Å². The zero-order chi connectivity index (χ0) is 20.7. The quantitative estimate of drug-likeness (QED) is 0.577. The van der Waals surface area contributed by atoms with E-state index in [4.69, 9.17) is 0 Å². The van der Waals surface area contributed by atoms with E-state index in [-0.39, 0.29) is 24.5 Å². The number of nitrogens with one attached hydrogen (secondary N) is 1. The summed E-state index contributed by atoms with van der Waals surface area (Å²) in [6, 6.07) is 14.3. The molecular weight excluding hydrogens is 358 g/mol. The van der Waals surface area contributed by atoms with Crippen molar-refractivity contribution in [2.24, 2.45) is 5.92 Å². The van der Waals surface area contributed by atoms with Crippen LogP contribution in [0, 0.1) is 5.92 Å². The van der Waals surface area contributed by atoms with Gasteiger partial charge in [0.2, 0.25) is 5.91 Å². The Hall–Kier alpha value is -2.99. The van der Waals surface area contributed by atoms with Crippen LogP contribution in [0.2, 0.25) is 0 Å². The van der Waals surface area contributed by atoms with Crippen molar-refractivity contribution in [3.8, 4) is 0 Å². The second-order valence-electron chi connectivity index (χ2n) is 7.14. The molecule has 0 heterocycles. The molecule has 6 nitrogen and oxygen atoms in total. The number of carbonyl (C=O) groups excluding carboxylic acids is 2. The average molecular weight is 383 g/mol. The Morgan fingerprint density at radius 1 is 0.929 bits per heavy atom. The lowest BCUT2D eigenvalue weighted by Gasteiger charge is -2.18. The first kappa shape index (κ1) is 21.3. The van der Waals surface area contributed by atoms with Crippen LogP contribution in [0.15, 0.2) is 54.6 Å². The fraction of sp³-hybridized carbons (Fsp3) is 0.318. The van der Waals surface area contributed by atoms with Crippen molar-refractivity contribution in [3.05, 3.63) is 71.3 Å². The summed E-state index contributed by atoms with van der Waals surface area (Å²) in [6.07, 6.45) is -0.934. The minimum absolute atomic E-state index is 0.0509. The topological polar surface area (TPSA) is 104 Å². The van der Waals surface area contributed by atoms with Crippen LogP contribution >= 0.6 is 0 Å². The van der Waals surface area contributed by atoms with Crippen LogP contribution in [-0.2, 0) is 16.0 Å². The fourth-order valence-electron chi connectivity index (χ4n) is 2.81. The SMILES string of the molecule is CC(C)C[C@@H](O)C(=O)N[C@@H](Cc1ccc(C(=O)c2ccccc2)cc1)C(=O)O. The molecule has 2 rings (SSSR count). The van der Waals surface area contributed by atoms with Gasteiger partial charge in [0.05, 0.1) is 0 Å². The van der Waals surface area contributed by atoms with Gasteiger partial charge in [-0.3, -0.25) is 9.59 Å². The number of amides is 1. The smallest absolute Gasteiger partial charge is 0.326 e. The predicted molar refractivity (Wildman–Crippen MR) is 105 cm³/mol. The molecular formula is C22H25NO5. The van der Waals surface area contributed by atoms with Crippen LogP contribution in [0.5, 0.6) is 0 Å². The molecule has 0 spiro atoms. The van der Waals surface area contributed by atoms with Gasteiger partial charge in [0.15, 0.2) is 5.78 Å². The number of hydrogen-bond donors (Lipinski definition) is 3. The van der Waals surface area contributed by atoms with Crippen molar-refractivity contribution in [2.45, 2.75) is 38.8 Å². The maximum absolute atomic E-state index is 12.4. The lowest BCUT2D eigenvalue weighted by atomic mass is 9.99. The Morgan fingerprint density at radius 3 is 2.04 bits per heavy atom. The number of carboxylic acid groups (broad SMARTS) is 1. The van der Waals surface area contributed by atoms with E-state index in [0.29, 0.717) is 16.7 Å². The van der Waals surface area contributed by atoms with E-state index in [9.17, 15) is 24.6 Å². The van der Waals surface area contributed by atoms with Gasteiger partial charge >= 0.3 is 5.97 Å². The van der Waals surface area contributed by atoms with Crippen molar-refractivity contribution in [3.63, 3.8) is 0 Å². The molecule has 0 saturated heterocycles. The van der Waals surface area contributed by atoms with Gasteiger partial charge in [-0.2, -0.15) is 0 Å². The summed E-state index contributed by atoms with van der Waals surface area (Å²) in [6.45, 7) is 3.73. The molecule has 2 atom stereocenters. The molecule has 0 saturated carbocycles. The minimum Gasteiger partial charge on any atom is -0.480 e. The first-order valence-corrected chi connectivity index (χ1v) is 9.18. The monoisotopic (exact) mass is 383 g/mol. The second kappa shape index (κ2) is 9.80. The number of rotatable bonds is 9. The fourth-order valence-corrected chi connectivity index (χ4v) is 2.81. The molecule has 1 amide bonds. The Bertz CT molecular complexity index is 815. The maximum atomic E-state index is 12.4. The zero-order valence-electron chi connectivity index (χ0n) is 16.0. The number of aliphatic carboxylic acids is 1. The number of benzene rings is 2. The molecule has 0 aromatic heterocycles. The molecule has 0 aliphatic rings. The summed E-state index contributed by atoms with van der Waals surface area (Å²) in [4.78, 5) is 35.9. The highest BCUT2D eigenvalue weighted by Crippen LogP contribution is 2.13. The Labute approximate surface area is 164 Å². The largest absolute Gasteiger partial charge is 0.480 e. The molecule has 2 aromatic rings. The van der Waals surface area contributed by atoms with Crippen molar-refractivity contribution in [1.29, 1.82) is 0 Å². The van der Waals surface area contributed by atoms with E-state index in [2.05, 4.69) is 5.32 Å². The maximum Gasteiger partial charge on any atom is 0.326 e. The van der Waals surface area contributed by atoms with E-state index in [1.807, 2.05) is 19.9 Å². The van der Waals surface area contributed by atoms with Gasteiger partial charge in [-0.05, 0) is 17.9 Å². The second-order valence-corrected chi connectivity index (χ2v) is 7.14. The van der Waals surface area contributed by atoms with Gasteiger partial charge < -0.3 is 15.5 Å². The molecule has 28 heavy (non-hydrogen) atoms. The third kappa shape index (κ3) is 6.03.